The van der Waals surface area contributed by atoms with Crippen molar-refractivity contribution in [3.05, 3.63) is 50.6 Å². The second-order valence-electron chi connectivity index (χ2n) is 7.28. The SMILES string of the molecule is COC(=O)c1c2nc3ccccc3nc2n2c1[nH]c(=O)c1c3c(sc12)CCCC3. The highest BCUT2D eigenvalue weighted by Crippen LogP contribution is 2.37. The van der Waals surface area contributed by atoms with Crippen molar-refractivity contribution in [1.82, 2.24) is 19.4 Å². The van der Waals surface area contributed by atoms with Gasteiger partial charge in [0, 0.05) is 4.88 Å². The third kappa shape index (κ3) is 2.17. The maximum absolute atomic E-state index is 13.0. The van der Waals surface area contributed by atoms with Crippen molar-refractivity contribution in [1.29, 1.82) is 0 Å². The highest BCUT2D eigenvalue weighted by Gasteiger charge is 2.27. The molecule has 0 radical (unpaired) electrons. The van der Waals surface area contributed by atoms with Crippen molar-refractivity contribution in [3.8, 4) is 0 Å². The third-order valence-corrected chi connectivity index (χ3v) is 6.94. The number of ether oxygens (including phenoxy) is 1. The van der Waals surface area contributed by atoms with E-state index in [2.05, 4.69) is 4.98 Å². The number of nitrogens with zero attached hydrogens (tertiary/aromatic N) is 3. The Morgan fingerprint density at radius 1 is 1.17 bits per heavy atom. The van der Waals surface area contributed by atoms with Crippen LogP contribution in [-0.4, -0.2) is 32.4 Å². The van der Waals surface area contributed by atoms with E-state index in [4.69, 9.17) is 14.7 Å². The Bertz CT molecular complexity index is 1540. The molecule has 0 amide bonds. The van der Waals surface area contributed by atoms with Crippen molar-refractivity contribution >= 4 is 55.4 Å². The molecule has 1 aliphatic rings. The number of rotatable bonds is 1. The lowest BCUT2D eigenvalue weighted by atomic mass is 9.97. The van der Waals surface area contributed by atoms with E-state index in [1.165, 1.54) is 12.0 Å². The second kappa shape index (κ2) is 5.87. The number of esters is 1. The van der Waals surface area contributed by atoms with Crippen LogP contribution in [0.15, 0.2) is 29.1 Å². The fraction of sp³-hybridized carbons (Fsp3) is 0.238. The van der Waals surface area contributed by atoms with E-state index in [-0.39, 0.29) is 11.1 Å². The molecule has 6 rings (SSSR count). The minimum absolute atomic E-state index is 0.176. The zero-order chi connectivity index (χ0) is 19.7. The van der Waals surface area contributed by atoms with E-state index in [9.17, 15) is 9.59 Å². The number of H-pyrrole nitrogens is 1. The molecule has 0 fully saturated rings. The predicted octanol–water partition coefficient (Wildman–Crippen LogP) is 3.60. The molecule has 1 N–H and O–H groups in total. The summed E-state index contributed by atoms with van der Waals surface area (Å²) in [5.41, 5.74) is 3.99. The van der Waals surface area contributed by atoms with Crippen molar-refractivity contribution in [2.75, 3.05) is 7.11 Å². The van der Waals surface area contributed by atoms with Crippen LogP contribution in [0, 0.1) is 0 Å². The van der Waals surface area contributed by atoms with Gasteiger partial charge in [0.05, 0.1) is 23.5 Å². The van der Waals surface area contributed by atoms with Crippen LogP contribution >= 0.6 is 11.3 Å². The topological polar surface area (TPSA) is 89.3 Å². The average Bonchev–Trinajstić information content (AvgIpc) is 3.27. The summed E-state index contributed by atoms with van der Waals surface area (Å²) in [6.45, 7) is 0. The first-order chi connectivity index (χ1) is 14.2. The van der Waals surface area contributed by atoms with Gasteiger partial charge in [0.2, 0.25) is 0 Å². The third-order valence-electron chi connectivity index (χ3n) is 5.67. The first-order valence-corrected chi connectivity index (χ1v) is 10.3. The second-order valence-corrected chi connectivity index (χ2v) is 8.36. The molecule has 0 spiro atoms. The van der Waals surface area contributed by atoms with E-state index >= 15 is 0 Å². The van der Waals surface area contributed by atoms with E-state index < -0.39 is 5.97 Å². The van der Waals surface area contributed by atoms with Crippen LogP contribution in [0.3, 0.4) is 0 Å². The maximum atomic E-state index is 13.0. The van der Waals surface area contributed by atoms with Crippen LogP contribution < -0.4 is 5.56 Å². The molecule has 144 valence electrons. The number of hydrogen-bond acceptors (Lipinski definition) is 6. The van der Waals surface area contributed by atoms with E-state index in [1.807, 2.05) is 28.7 Å². The zero-order valence-corrected chi connectivity index (χ0v) is 16.4. The van der Waals surface area contributed by atoms with E-state index in [0.29, 0.717) is 27.7 Å². The van der Waals surface area contributed by atoms with Gasteiger partial charge in [-0.05, 0) is 43.4 Å². The summed E-state index contributed by atoms with van der Waals surface area (Å²) in [7, 11) is 1.33. The number of benzene rings is 1. The molecule has 0 aliphatic heterocycles. The Labute approximate surface area is 168 Å². The molecule has 0 unspecified atom stereocenters. The number of hydrogen-bond donors (Lipinski definition) is 1. The molecule has 7 nitrogen and oxygen atoms in total. The zero-order valence-electron chi connectivity index (χ0n) is 15.6. The van der Waals surface area contributed by atoms with Crippen LogP contribution in [0.25, 0.3) is 38.1 Å². The number of thiophene rings is 1. The van der Waals surface area contributed by atoms with Gasteiger partial charge in [-0.25, -0.2) is 14.8 Å². The normalized spacial score (nSPS) is 14.1. The number of aryl methyl sites for hydroxylation is 2. The van der Waals surface area contributed by atoms with Crippen LogP contribution in [-0.2, 0) is 17.6 Å². The number of carbonyl (C=O) groups is 1. The summed E-state index contributed by atoms with van der Waals surface area (Å²) in [5.74, 6) is -0.543. The summed E-state index contributed by atoms with van der Waals surface area (Å²) >= 11 is 1.62. The Balaban J connectivity index is 1.89. The smallest absolute Gasteiger partial charge is 0.343 e. The van der Waals surface area contributed by atoms with Gasteiger partial charge in [0.1, 0.15) is 21.6 Å². The highest BCUT2D eigenvalue weighted by atomic mass is 32.1. The average molecular weight is 404 g/mol. The van der Waals surface area contributed by atoms with Crippen LogP contribution in [0.2, 0.25) is 0 Å². The molecule has 4 heterocycles. The van der Waals surface area contributed by atoms with Gasteiger partial charge in [-0.2, -0.15) is 0 Å². The Kier molecular flexibility index (Phi) is 3.37. The number of nitrogens with one attached hydrogen (secondary N) is 1. The molecule has 5 aromatic rings. The molecule has 0 atom stereocenters. The minimum atomic E-state index is -0.543. The van der Waals surface area contributed by atoms with Gasteiger partial charge < -0.3 is 9.72 Å². The molecule has 29 heavy (non-hydrogen) atoms. The molecule has 1 aliphatic carbocycles. The lowest BCUT2D eigenvalue weighted by Gasteiger charge is -2.09. The van der Waals surface area contributed by atoms with Crippen molar-refractivity contribution < 1.29 is 9.53 Å². The number of fused-ring (bicyclic) bond motifs is 8. The number of carbonyl (C=O) groups excluding carboxylic acids is 1. The highest BCUT2D eigenvalue weighted by molar-refractivity contribution is 7.19. The van der Waals surface area contributed by atoms with Crippen molar-refractivity contribution in [3.63, 3.8) is 0 Å². The van der Waals surface area contributed by atoms with Gasteiger partial charge in [0.15, 0.2) is 5.65 Å². The molecule has 0 bridgehead atoms. The van der Waals surface area contributed by atoms with E-state index in [1.54, 1.807) is 11.3 Å². The van der Waals surface area contributed by atoms with Gasteiger partial charge in [-0.3, -0.25) is 9.20 Å². The fourth-order valence-electron chi connectivity index (χ4n) is 4.37. The van der Waals surface area contributed by atoms with Crippen LogP contribution in [0.5, 0.6) is 0 Å². The van der Waals surface area contributed by atoms with Gasteiger partial charge in [0.25, 0.3) is 5.56 Å². The number of para-hydroxylation sites is 2. The summed E-state index contributed by atoms with van der Waals surface area (Å²) in [5, 5.41) is 0.709. The Hall–Kier alpha value is -3.26. The number of methoxy groups -OCH3 is 1. The lowest BCUT2D eigenvalue weighted by molar-refractivity contribution is 0.0604. The molecule has 4 aromatic heterocycles. The summed E-state index contributed by atoms with van der Waals surface area (Å²) < 4.78 is 6.89. The fourth-order valence-corrected chi connectivity index (χ4v) is 5.76. The Morgan fingerprint density at radius 3 is 2.72 bits per heavy atom. The lowest BCUT2D eigenvalue weighted by Crippen LogP contribution is -2.12. The molecular formula is C21H16N4O3S. The molecule has 8 heteroatoms. The summed E-state index contributed by atoms with van der Waals surface area (Å²) in [6.07, 6.45) is 4.10. The summed E-state index contributed by atoms with van der Waals surface area (Å²) in [6, 6.07) is 7.53. The molecule has 0 saturated carbocycles. The first kappa shape index (κ1) is 16.7. The number of aromatic amines is 1. The maximum Gasteiger partial charge on any atom is 0.343 e. The van der Waals surface area contributed by atoms with Crippen molar-refractivity contribution in [2.45, 2.75) is 25.7 Å². The van der Waals surface area contributed by atoms with E-state index in [0.717, 1.165) is 41.6 Å². The standard InChI is InChI=1S/C21H16N4O3S/c1-28-21(27)15-16-18(23-12-8-4-3-7-11(12)22-16)25-17(15)24-19(26)14-10-6-2-5-9-13(10)29-20(14)25/h3-4,7-8H,2,5-6,9H2,1H3,(H,24,26). The molecular weight excluding hydrogens is 388 g/mol. The molecule has 0 saturated heterocycles. The quantitative estimate of drug-likeness (QED) is 0.431. The van der Waals surface area contributed by atoms with Crippen LogP contribution in [0.1, 0.15) is 33.6 Å². The minimum Gasteiger partial charge on any atom is -0.465 e. The largest absolute Gasteiger partial charge is 0.465 e. The summed E-state index contributed by atoms with van der Waals surface area (Å²) in [4.78, 5) is 40.2. The Morgan fingerprint density at radius 2 is 1.93 bits per heavy atom. The van der Waals surface area contributed by atoms with Crippen LogP contribution in [0.4, 0.5) is 0 Å². The predicted molar refractivity (Wildman–Crippen MR) is 112 cm³/mol. The first-order valence-electron chi connectivity index (χ1n) is 9.53. The molecule has 1 aromatic carbocycles. The van der Waals surface area contributed by atoms with Gasteiger partial charge >= 0.3 is 5.97 Å². The monoisotopic (exact) mass is 404 g/mol. The number of aromatic nitrogens is 4. The van der Waals surface area contributed by atoms with Gasteiger partial charge in [-0.15, -0.1) is 11.3 Å². The van der Waals surface area contributed by atoms with Gasteiger partial charge in [-0.1, -0.05) is 12.1 Å². The van der Waals surface area contributed by atoms with Crippen molar-refractivity contribution in [2.24, 2.45) is 0 Å².